The highest BCUT2D eigenvalue weighted by Gasteiger charge is 1.84. The van der Waals surface area contributed by atoms with Crippen molar-refractivity contribution in [3.8, 4) is 0 Å². The number of aryl methyl sites for hydroxylation is 2. The van der Waals surface area contributed by atoms with Gasteiger partial charge in [-0.15, -0.1) is 0 Å². The molecular weight excluding hydrogens is 170 g/mol. The minimum absolute atomic E-state index is 0.245. The first-order chi connectivity index (χ1) is 6.18. The molecule has 2 aromatic rings. The molecule has 0 atom stereocenters. The lowest BCUT2D eigenvalue weighted by molar-refractivity contribution is 0.881. The molecule has 0 fully saturated rings. The van der Waals surface area contributed by atoms with Gasteiger partial charge in [0.15, 0.2) is 0 Å². The van der Waals surface area contributed by atoms with Crippen molar-refractivity contribution in [3.05, 3.63) is 17.5 Å². The van der Waals surface area contributed by atoms with E-state index in [1.54, 1.807) is 0 Å². The van der Waals surface area contributed by atoms with Crippen LogP contribution in [-0.2, 0) is 0 Å². The molecule has 0 saturated heterocycles. The third-order valence-electron chi connectivity index (χ3n) is 1.20. The summed E-state index contributed by atoms with van der Waals surface area (Å²) in [5.41, 5.74) is 7.16. The van der Waals surface area contributed by atoms with Crippen molar-refractivity contribution in [2.24, 2.45) is 0 Å². The molecule has 0 radical (unpaired) electrons. The molecular formula is C6H11N7. The number of aromatic amines is 2. The number of H-pyrrole nitrogens is 2. The Morgan fingerprint density at radius 1 is 1.31 bits per heavy atom. The van der Waals surface area contributed by atoms with Gasteiger partial charge >= 0.3 is 0 Å². The molecule has 0 saturated carbocycles. The molecule has 0 aliphatic heterocycles. The van der Waals surface area contributed by atoms with Crippen LogP contribution in [0.2, 0.25) is 0 Å². The highest BCUT2D eigenvalue weighted by atomic mass is 15.5. The maximum Gasteiger partial charge on any atom is 0.237 e. The van der Waals surface area contributed by atoms with Crippen molar-refractivity contribution in [2.45, 2.75) is 13.8 Å². The van der Waals surface area contributed by atoms with Gasteiger partial charge in [-0.05, 0) is 30.3 Å². The van der Waals surface area contributed by atoms with Crippen LogP contribution in [0, 0.1) is 13.8 Å². The molecule has 2 aromatic heterocycles. The van der Waals surface area contributed by atoms with Gasteiger partial charge in [0.1, 0.15) is 0 Å². The van der Waals surface area contributed by atoms with E-state index in [1.165, 1.54) is 0 Å². The number of tetrazole rings is 1. The number of hydrogen-bond donors (Lipinski definition) is 3. The van der Waals surface area contributed by atoms with Crippen LogP contribution in [0.15, 0.2) is 6.07 Å². The molecule has 7 nitrogen and oxygen atoms in total. The van der Waals surface area contributed by atoms with Crippen molar-refractivity contribution >= 4 is 5.95 Å². The van der Waals surface area contributed by atoms with Gasteiger partial charge in [-0.1, -0.05) is 5.10 Å². The number of nitrogens with one attached hydrogen (secondary N) is 2. The van der Waals surface area contributed by atoms with Crippen LogP contribution in [0.25, 0.3) is 0 Å². The summed E-state index contributed by atoms with van der Waals surface area (Å²) in [7, 11) is 0. The fourth-order valence-corrected chi connectivity index (χ4v) is 0.721. The van der Waals surface area contributed by atoms with Crippen molar-refractivity contribution in [1.29, 1.82) is 0 Å². The third-order valence-corrected chi connectivity index (χ3v) is 1.20. The highest BCUT2D eigenvalue weighted by molar-refractivity contribution is 5.05. The number of hydrogen-bond acceptors (Lipinski definition) is 5. The van der Waals surface area contributed by atoms with Crippen molar-refractivity contribution in [2.75, 3.05) is 5.73 Å². The molecule has 0 aliphatic rings. The van der Waals surface area contributed by atoms with E-state index in [1.807, 2.05) is 19.9 Å². The quantitative estimate of drug-likeness (QED) is 0.521. The van der Waals surface area contributed by atoms with Gasteiger partial charge in [0.2, 0.25) is 5.95 Å². The molecule has 0 aromatic carbocycles. The average Bonchev–Trinajstić information content (AvgIpc) is 2.64. The predicted octanol–water partition coefficient (Wildman–Crippen LogP) is -0.192. The summed E-state index contributed by atoms with van der Waals surface area (Å²) in [5, 5.41) is 18.6. The molecule has 0 spiro atoms. The van der Waals surface area contributed by atoms with Gasteiger partial charge in [0.25, 0.3) is 0 Å². The van der Waals surface area contributed by atoms with Crippen LogP contribution in [0.4, 0.5) is 5.95 Å². The third kappa shape index (κ3) is 3.32. The summed E-state index contributed by atoms with van der Waals surface area (Å²) in [6.07, 6.45) is 0. The van der Waals surface area contributed by atoms with E-state index in [4.69, 9.17) is 5.73 Å². The van der Waals surface area contributed by atoms with E-state index in [0.29, 0.717) is 0 Å². The first-order valence-corrected chi connectivity index (χ1v) is 3.66. The molecule has 0 unspecified atom stereocenters. The Kier molecular flexibility index (Phi) is 2.96. The number of nitrogen functional groups attached to an aromatic ring is 1. The zero-order valence-corrected chi connectivity index (χ0v) is 7.44. The van der Waals surface area contributed by atoms with E-state index >= 15 is 0 Å². The van der Waals surface area contributed by atoms with Crippen LogP contribution in [-0.4, -0.2) is 30.8 Å². The fraction of sp³-hybridized carbons (Fsp3) is 0.333. The zero-order valence-electron chi connectivity index (χ0n) is 7.44. The summed E-state index contributed by atoms with van der Waals surface area (Å²) in [5.74, 6) is 0.245. The smallest absolute Gasteiger partial charge is 0.237 e. The lowest BCUT2D eigenvalue weighted by atomic mass is 10.4. The first-order valence-electron chi connectivity index (χ1n) is 3.66. The van der Waals surface area contributed by atoms with E-state index in [2.05, 4.69) is 30.8 Å². The van der Waals surface area contributed by atoms with Crippen LogP contribution in [0.3, 0.4) is 0 Å². The number of anilines is 1. The maximum atomic E-state index is 4.99. The van der Waals surface area contributed by atoms with E-state index in [9.17, 15) is 0 Å². The lowest BCUT2D eigenvalue weighted by Crippen LogP contribution is -1.84. The Morgan fingerprint density at radius 2 is 2.08 bits per heavy atom. The molecule has 7 heteroatoms. The first kappa shape index (κ1) is 9.17. The van der Waals surface area contributed by atoms with Crippen LogP contribution >= 0.6 is 0 Å². The Labute approximate surface area is 74.7 Å². The molecule has 2 heterocycles. The molecule has 13 heavy (non-hydrogen) atoms. The minimum Gasteiger partial charge on any atom is -0.367 e. The molecule has 2 rings (SSSR count). The summed E-state index contributed by atoms with van der Waals surface area (Å²) in [6, 6.07) is 2.00. The van der Waals surface area contributed by atoms with Gasteiger partial charge in [-0.3, -0.25) is 5.10 Å². The summed E-state index contributed by atoms with van der Waals surface area (Å²) < 4.78 is 0. The normalized spacial score (nSPS) is 9.08. The van der Waals surface area contributed by atoms with Crippen LogP contribution < -0.4 is 5.73 Å². The zero-order chi connectivity index (χ0) is 9.68. The second-order valence-corrected chi connectivity index (χ2v) is 2.48. The predicted molar refractivity (Wildman–Crippen MR) is 46.7 cm³/mol. The summed E-state index contributed by atoms with van der Waals surface area (Å²) in [4.78, 5) is 0. The average molecular weight is 181 g/mol. The van der Waals surface area contributed by atoms with E-state index < -0.39 is 0 Å². The second kappa shape index (κ2) is 4.19. The monoisotopic (exact) mass is 181 g/mol. The standard InChI is InChI=1S/C5H8N2.CH3N5/c1-4-3-5(2)7-6-4;2-1-3-5-6-4-1/h3H,1-2H3,(H,6,7);(H3,2,3,4,5,6). The van der Waals surface area contributed by atoms with Crippen molar-refractivity contribution < 1.29 is 0 Å². The molecule has 0 amide bonds. The highest BCUT2D eigenvalue weighted by Crippen LogP contribution is 1.92. The molecule has 70 valence electrons. The Hall–Kier alpha value is -1.92. The van der Waals surface area contributed by atoms with Gasteiger partial charge in [0.05, 0.1) is 5.69 Å². The van der Waals surface area contributed by atoms with Crippen molar-refractivity contribution in [3.63, 3.8) is 0 Å². The van der Waals surface area contributed by atoms with Crippen LogP contribution in [0.5, 0.6) is 0 Å². The fourth-order valence-electron chi connectivity index (χ4n) is 0.721. The number of aromatic nitrogens is 6. The van der Waals surface area contributed by atoms with Crippen molar-refractivity contribution in [1.82, 2.24) is 30.8 Å². The molecule has 4 N–H and O–H groups in total. The Balaban J connectivity index is 0.000000132. The minimum atomic E-state index is 0.245. The van der Waals surface area contributed by atoms with Crippen LogP contribution in [0.1, 0.15) is 11.4 Å². The van der Waals surface area contributed by atoms with Gasteiger partial charge in [0, 0.05) is 5.69 Å². The number of nitrogens with two attached hydrogens (primary N) is 1. The number of nitrogens with zero attached hydrogens (tertiary/aromatic N) is 4. The molecule has 0 aliphatic carbocycles. The van der Waals surface area contributed by atoms with Gasteiger partial charge < -0.3 is 5.73 Å². The van der Waals surface area contributed by atoms with Gasteiger partial charge in [-0.2, -0.15) is 5.10 Å². The Morgan fingerprint density at radius 3 is 2.23 bits per heavy atom. The van der Waals surface area contributed by atoms with E-state index in [-0.39, 0.29) is 5.95 Å². The lowest BCUT2D eigenvalue weighted by Gasteiger charge is -1.68. The SMILES string of the molecule is Cc1cc(C)[nH]n1.Nc1nnn[nH]1. The summed E-state index contributed by atoms with van der Waals surface area (Å²) in [6.45, 7) is 3.95. The second-order valence-electron chi connectivity index (χ2n) is 2.48. The largest absolute Gasteiger partial charge is 0.367 e. The van der Waals surface area contributed by atoms with Gasteiger partial charge in [-0.25, -0.2) is 5.10 Å². The van der Waals surface area contributed by atoms with E-state index in [0.717, 1.165) is 11.4 Å². The summed E-state index contributed by atoms with van der Waals surface area (Å²) >= 11 is 0. The number of rotatable bonds is 0. The topological polar surface area (TPSA) is 109 Å². The maximum absolute atomic E-state index is 4.99. The molecule has 0 bridgehead atoms. The Bertz CT molecular complexity index is 319.